The Morgan fingerprint density at radius 2 is 1.92 bits per heavy atom. The van der Waals surface area contributed by atoms with Gasteiger partial charge in [0.1, 0.15) is 13.5 Å². The SMILES string of the molecule is [B]c1cc([N+](=O)[O-])c(N)cc1N. The quantitative estimate of drug-likeness (QED) is 0.253. The van der Waals surface area contributed by atoms with E-state index in [-0.39, 0.29) is 22.5 Å². The molecule has 1 aromatic rings. The van der Waals surface area contributed by atoms with Crippen molar-refractivity contribution in [2.24, 2.45) is 0 Å². The number of nitro benzene ring substituents is 1. The normalized spacial score (nSPS) is 9.67. The van der Waals surface area contributed by atoms with Gasteiger partial charge in [-0.2, -0.15) is 0 Å². The molecule has 5 nitrogen and oxygen atoms in total. The topological polar surface area (TPSA) is 95.2 Å². The summed E-state index contributed by atoms with van der Waals surface area (Å²) >= 11 is 0. The molecule has 0 fully saturated rings. The van der Waals surface area contributed by atoms with Crippen LogP contribution in [0.25, 0.3) is 0 Å². The monoisotopic (exact) mass is 163 g/mol. The molecule has 0 spiro atoms. The molecular weight excluding hydrogens is 157 g/mol. The van der Waals surface area contributed by atoms with Crippen LogP contribution in [0.3, 0.4) is 0 Å². The van der Waals surface area contributed by atoms with Crippen LogP contribution in [-0.4, -0.2) is 12.8 Å². The first-order valence-electron chi connectivity index (χ1n) is 3.11. The molecule has 0 aliphatic rings. The van der Waals surface area contributed by atoms with Crippen molar-refractivity contribution in [3.8, 4) is 0 Å². The number of anilines is 2. The Hall–Kier alpha value is -1.72. The van der Waals surface area contributed by atoms with Gasteiger partial charge >= 0.3 is 0 Å². The number of nitrogen functional groups attached to an aromatic ring is 2. The fraction of sp³-hybridized carbons (Fsp3) is 0. The molecule has 0 amide bonds. The average Bonchev–Trinajstić information content (AvgIpc) is 1.96. The zero-order valence-corrected chi connectivity index (χ0v) is 6.15. The third-order valence-corrected chi connectivity index (χ3v) is 1.43. The van der Waals surface area contributed by atoms with Crippen molar-refractivity contribution in [1.29, 1.82) is 0 Å². The lowest BCUT2D eigenvalue weighted by Gasteiger charge is -2.02. The molecule has 0 aliphatic carbocycles. The van der Waals surface area contributed by atoms with E-state index in [0.29, 0.717) is 0 Å². The molecule has 0 aromatic heterocycles. The minimum absolute atomic E-state index is 0.0201. The van der Waals surface area contributed by atoms with Crippen molar-refractivity contribution in [2.45, 2.75) is 0 Å². The smallest absolute Gasteiger partial charge is 0.291 e. The molecule has 2 radical (unpaired) electrons. The van der Waals surface area contributed by atoms with Gasteiger partial charge in [0.15, 0.2) is 0 Å². The second kappa shape index (κ2) is 2.73. The van der Waals surface area contributed by atoms with E-state index in [9.17, 15) is 10.1 Å². The Kier molecular flexibility index (Phi) is 1.91. The molecule has 4 N–H and O–H groups in total. The van der Waals surface area contributed by atoms with E-state index in [0.717, 1.165) is 6.07 Å². The van der Waals surface area contributed by atoms with Crippen LogP contribution < -0.4 is 16.9 Å². The van der Waals surface area contributed by atoms with E-state index in [4.69, 9.17) is 19.3 Å². The zero-order valence-electron chi connectivity index (χ0n) is 6.15. The summed E-state index contributed by atoms with van der Waals surface area (Å²) in [7, 11) is 5.34. The minimum atomic E-state index is -0.606. The molecule has 0 atom stereocenters. The van der Waals surface area contributed by atoms with Crippen LogP contribution in [0.15, 0.2) is 12.1 Å². The number of nitrogens with two attached hydrogens (primary N) is 2. The molecule has 6 heteroatoms. The summed E-state index contributed by atoms with van der Waals surface area (Å²) in [5.74, 6) is 0. The Morgan fingerprint density at radius 1 is 1.33 bits per heavy atom. The number of hydrogen-bond acceptors (Lipinski definition) is 4. The first-order chi connectivity index (χ1) is 5.52. The van der Waals surface area contributed by atoms with E-state index in [1.54, 1.807) is 0 Å². The first kappa shape index (κ1) is 8.38. The number of nitro groups is 1. The van der Waals surface area contributed by atoms with Crippen LogP contribution in [0.4, 0.5) is 17.1 Å². The predicted molar refractivity (Wildman–Crippen MR) is 47.3 cm³/mol. The fourth-order valence-corrected chi connectivity index (χ4v) is 0.797. The van der Waals surface area contributed by atoms with Gasteiger partial charge in [-0.25, -0.2) is 0 Å². The molecule has 12 heavy (non-hydrogen) atoms. The van der Waals surface area contributed by atoms with Crippen molar-refractivity contribution in [2.75, 3.05) is 11.5 Å². The summed E-state index contributed by atoms with van der Waals surface area (Å²) in [5, 5.41) is 10.3. The van der Waals surface area contributed by atoms with Crippen LogP contribution >= 0.6 is 0 Å². The Morgan fingerprint density at radius 3 is 2.42 bits per heavy atom. The van der Waals surface area contributed by atoms with Crippen LogP contribution in [-0.2, 0) is 0 Å². The van der Waals surface area contributed by atoms with Gasteiger partial charge in [0, 0.05) is 11.8 Å². The second-order valence-electron chi connectivity index (χ2n) is 2.30. The van der Waals surface area contributed by atoms with Crippen LogP contribution in [0, 0.1) is 10.1 Å². The Labute approximate surface area is 69.9 Å². The largest absolute Gasteiger partial charge is 0.399 e. The number of rotatable bonds is 1. The summed E-state index contributed by atoms with van der Waals surface area (Å²) < 4.78 is 0. The summed E-state index contributed by atoms with van der Waals surface area (Å²) in [4.78, 5) is 9.71. The van der Waals surface area contributed by atoms with E-state index in [2.05, 4.69) is 0 Å². The fourth-order valence-electron chi connectivity index (χ4n) is 0.797. The van der Waals surface area contributed by atoms with Crippen LogP contribution in [0.2, 0.25) is 0 Å². The van der Waals surface area contributed by atoms with Crippen molar-refractivity contribution in [3.05, 3.63) is 22.2 Å². The molecular formula is C6H6BN3O2. The molecule has 1 rings (SSSR count). The standard InChI is InChI=1S/C6H6BN3O2/c7-3-1-6(10(11)12)5(9)2-4(3)8/h1-2H,8-9H2. The molecule has 0 saturated heterocycles. The van der Waals surface area contributed by atoms with Crippen molar-refractivity contribution >= 4 is 30.4 Å². The number of nitrogens with zero attached hydrogens (tertiary/aromatic N) is 1. The predicted octanol–water partition coefficient (Wildman–Crippen LogP) is -0.447. The van der Waals surface area contributed by atoms with Gasteiger partial charge in [0.25, 0.3) is 5.69 Å². The second-order valence-corrected chi connectivity index (χ2v) is 2.30. The highest BCUT2D eigenvalue weighted by atomic mass is 16.6. The molecule has 0 saturated carbocycles. The minimum Gasteiger partial charge on any atom is -0.399 e. The highest BCUT2D eigenvalue weighted by Crippen LogP contribution is 2.20. The van der Waals surface area contributed by atoms with Crippen molar-refractivity contribution < 1.29 is 4.92 Å². The van der Waals surface area contributed by atoms with E-state index < -0.39 is 4.92 Å². The first-order valence-corrected chi connectivity index (χ1v) is 3.11. The zero-order chi connectivity index (χ0) is 9.30. The molecule has 0 bridgehead atoms. The van der Waals surface area contributed by atoms with Gasteiger partial charge < -0.3 is 11.5 Å². The third-order valence-electron chi connectivity index (χ3n) is 1.43. The Balaban J connectivity index is 3.33. The van der Waals surface area contributed by atoms with Gasteiger partial charge in [-0.15, -0.1) is 0 Å². The van der Waals surface area contributed by atoms with Gasteiger partial charge in [0.2, 0.25) is 0 Å². The van der Waals surface area contributed by atoms with Gasteiger partial charge in [-0.05, 0) is 6.07 Å². The lowest BCUT2D eigenvalue weighted by Crippen LogP contribution is -2.12. The summed E-state index contributed by atoms with van der Waals surface area (Å²) in [5.41, 5.74) is 10.9. The van der Waals surface area contributed by atoms with Gasteiger partial charge in [-0.3, -0.25) is 10.1 Å². The highest BCUT2D eigenvalue weighted by Gasteiger charge is 2.11. The maximum Gasteiger partial charge on any atom is 0.291 e. The number of hydrogen-bond donors (Lipinski definition) is 2. The average molecular weight is 163 g/mol. The van der Waals surface area contributed by atoms with Crippen LogP contribution in [0.1, 0.15) is 0 Å². The molecule has 0 unspecified atom stereocenters. The summed E-state index contributed by atoms with van der Waals surface area (Å²) in [6.45, 7) is 0. The number of benzene rings is 1. The van der Waals surface area contributed by atoms with Gasteiger partial charge in [-0.1, -0.05) is 5.46 Å². The Bertz CT molecular complexity index is 340. The molecule has 1 aromatic carbocycles. The van der Waals surface area contributed by atoms with E-state index in [1.165, 1.54) is 6.07 Å². The van der Waals surface area contributed by atoms with Crippen molar-refractivity contribution in [1.82, 2.24) is 0 Å². The molecule has 60 valence electrons. The van der Waals surface area contributed by atoms with Gasteiger partial charge in [0.05, 0.1) is 4.92 Å². The molecule has 0 heterocycles. The lowest BCUT2D eigenvalue weighted by molar-refractivity contribution is -0.383. The highest BCUT2D eigenvalue weighted by molar-refractivity contribution is 6.36. The van der Waals surface area contributed by atoms with Crippen molar-refractivity contribution in [3.63, 3.8) is 0 Å². The van der Waals surface area contributed by atoms with Crippen LogP contribution in [0.5, 0.6) is 0 Å². The summed E-state index contributed by atoms with van der Waals surface area (Å²) in [6, 6.07) is 2.41. The lowest BCUT2D eigenvalue weighted by atomic mass is 9.93. The summed E-state index contributed by atoms with van der Waals surface area (Å²) in [6.07, 6.45) is 0. The molecule has 0 aliphatic heterocycles. The van der Waals surface area contributed by atoms with E-state index in [1.807, 2.05) is 0 Å². The maximum atomic E-state index is 10.3. The van der Waals surface area contributed by atoms with E-state index >= 15 is 0 Å². The maximum absolute atomic E-state index is 10.3. The third kappa shape index (κ3) is 1.32.